The molecule has 2 N–H and O–H groups in total. The lowest BCUT2D eigenvalue weighted by Crippen LogP contribution is -2.23. The molecule has 3 aromatic heterocycles. The molecule has 1 fully saturated rings. The number of rotatable bonds is 4. The summed E-state index contributed by atoms with van der Waals surface area (Å²) < 4.78 is 7.64. The lowest BCUT2D eigenvalue weighted by molar-refractivity contribution is 0.0663. The number of carboxylic acids is 1. The summed E-state index contributed by atoms with van der Waals surface area (Å²) in [4.78, 5) is 15.9. The van der Waals surface area contributed by atoms with Crippen molar-refractivity contribution in [2.45, 2.75) is 52.0 Å². The third kappa shape index (κ3) is 2.96. The summed E-state index contributed by atoms with van der Waals surface area (Å²) >= 11 is 0. The highest BCUT2D eigenvalue weighted by molar-refractivity contribution is 5.86. The molecule has 0 unspecified atom stereocenters. The largest absolute Gasteiger partial charge is 0.475 e. The molecule has 0 amide bonds. The van der Waals surface area contributed by atoms with E-state index in [1.54, 1.807) is 6.07 Å². The first-order chi connectivity index (χ1) is 12.5. The Morgan fingerprint density at radius 3 is 2.69 bits per heavy atom. The highest BCUT2D eigenvalue weighted by atomic mass is 16.4. The number of carbonyl (C=O) groups is 1. The molecule has 1 aliphatic carbocycles. The Balaban J connectivity index is 1.85. The number of carboxylic acid groups (broad SMARTS) is 1. The van der Waals surface area contributed by atoms with Crippen LogP contribution in [0.2, 0.25) is 0 Å². The minimum absolute atomic E-state index is 0.0754. The van der Waals surface area contributed by atoms with Crippen LogP contribution < -0.4 is 5.32 Å². The summed E-state index contributed by atoms with van der Waals surface area (Å²) in [6, 6.07) is 7.71. The predicted octanol–water partition coefficient (Wildman–Crippen LogP) is 4.65. The number of aryl methyl sites for hydroxylation is 2. The van der Waals surface area contributed by atoms with Crippen molar-refractivity contribution in [1.29, 1.82) is 0 Å². The van der Waals surface area contributed by atoms with Gasteiger partial charge in [0.2, 0.25) is 5.76 Å². The van der Waals surface area contributed by atoms with Gasteiger partial charge in [-0.05, 0) is 56.5 Å². The SMILES string of the molecule is Cc1cc(C)n2c(NC3CCCCC3)c(-c3ccc(C(=O)O)o3)nc2c1. The van der Waals surface area contributed by atoms with Gasteiger partial charge in [-0.1, -0.05) is 19.3 Å². The van der Waals surface area contributed by atoms with Crippen molar-refractivity contribution in [2.24, 2.45) is 0 Å². The zero-order valence-electron chi connectivity index (χ0n) is 15.1. The van der Waals surface area contributed by atoms with E-state index in [9.17, 15) is 4.79 Å². The summed E-state index contributed by atoms with van der Waals surface area (Å²) in [6.45, 7) is 4.10. The number of anilines is 1. The Hall–Kier alpha value is -2.76. The third-order valence-corrected chi connectivity index (χ3v) is 5.05. The first kappa shape index (κ1) is 16.7. The second-order valence-corrected chi connectivity index (χ2v) is 7.13. The molecule has 0 spiro atoms. The van der Waals surface area contributed by atoms with Gasteiger partial charge in [0.05, 0.1) is 0 Å². The monoisotopic (exact) mass is 353 g/mol. The molecule has 6 heteroatoms. The number of pyridine rings is 1. The smallest absolute Gasteiger partial charge is 0.371 e. The molecule has 0 saturated heterocycles. The van der Waals surface area contributed by atoms with E-state index >= 15 is 0 Å². The first-order valence-electron chi connectivity index (χ1n) is 9.12. The second kappa shape index (κ2) is 6.52. The van der Waals surface area contributed by atoms with E-state index in [-0.39, 0.29) is 5.76 Å². The van der Waals surface area contributed by atoms with Crippen LogP contribution in [-0.4, -0.2) is 26.5 Å². The molecule has 0 bridgehead atoms. The minimum atomic E-state index is -1.08. The van der Waals surface area contributed by atoms with Gasteiger partial charge >= 0.3 is 5.97 Å². The number of nitrogens with zero attached hydrogens (tertiary/aromatic N) is 2. The summed E-state index contributed by atoms with van der Waals surface area (Å²) in [5.41, 5.74) is 3.73. The van der Waals surface area contributed by atoms with Crippen molar-refractivity contribution in [3.63, 3.8) is 0 Å². The summed E-state index contributed by atoms with van der Waals surface area (Å²) in [5.74, 6) is 0.208. The van der Waals surface area contributed by atoms with E-state index in [1.807, 2.05) is 13.0 Å². The number of furan rings is 1. The van der Waals surface area contributed by atoms with Gasteiger partial charge in [0.15, 0.2) is 5.76 Å². The van der Waals surface area contributed by atoms with Gasteiger partial charge in [-0.3, -0.25) is 4.40 Å². The number of aromatic nitrogens is 2. The maximum absolute atomic E-state index is 11.2. The van der Waals surface area contributed by atoms with Crippen molar-refractivity contribution >= 4 is 17.4 Å². The molecule has 0 aromatic carbocycles. The van der Waals surface area contributed by atoms with Crippen LogP contribution in [0.4, 0.5) is 5.82 Å². The molecule has 0 atom stereocenters. The van der Waals surface area contributed by atoms with Crippen molar-refractivity contribution in [3.05, 3.63) is 41.3 Å². The van der Waals surface area contributed by atoms with Gasteiger partial charge in [0.25, 0.3) is 0 Å². The van der Waals surface area contributed by atoms with Crippen molar-refractivity contribution < 1.29 is 14.3 Å². The van der Waals surface area contributed by atoms with Crippen LogP contribution in [0.25, 0.3) is 17.1 Å². The van der Waals surface area contributed by atoms with Gasteiger partial charge in [-0.25, -0.2) is 9.78 Å². The highest BCUT2D eigenvalue weighted by Crippen LogP contribution is 2.33. The van der Waals surface area contributed by atoms with Gasteiger partial charge in [0, 0.05) is 11.7 Å². The van der Waals surface area contributed by atoms with Gasteiger partial charge in [-0.2, -0.15) is 0 Å². The molecule has 0 aliphatic heterocycles. The summed E-state index contributed by atoms with van der Waals surface area (Å²) in [6.07, 6.45) is 6.01. The van der Waals surface area contributed by atoms with Crippen molar-refractivity contribution in [2.75, 3.05) is 5.32 Å². The molecule has 3 aromatic rings. The van der Waals surface area contributed by atoms with Crippen LogP contribution in [0.5, 0.6) is 0 Å². The molecule has 1 aliphatic rings. The fraction of sp³-hybridized carbons (Fsp3) is 0.400. The number of hydrogen-bond acceptors (Lipinski definition) is 4. The Morgan fingerprint density at radius 1 is 1.23 bits per heavy atom. The van der Waals surface area contributed by atoms with E-state index in [0.29, 0.717) is 17.5 Å². The van der Waals surface area contributed by atoms with Crippen LogP contribution in [0.15, 0.2) is 28.7 Å². The minimum Gasteiger partial charge on any atom is -0.475 e. The Morgan fingerprint density at radius 2 is 2.00 bits per heavy atom. The van der Waals surface area contributed by atoms with Crippen molar-refractivity contribution in [3.8, 4) is 11.5 Å². The molecular weight excluding hydrogens is 330 g/mol. The maximum Gasteiger partial charge on any atom is 0.371 e. The predicted molar refractivity (Wildman–Crippen MR) is 99.8 cm³/mol. The zero-order chi connectivity index (χ0) is 18.3. The number of imidazole rings is 1. The van der Waals surface area contributed by atoms with E-state index in [4.69, 9.17) is 14.5 Å². The average Bonchev–Trinajstić information content (AvgIpc) is 3.21. The number of aromatic carboxylic acids is 1. The molecule has 0 radical (unpaired) electrons. The molecule has 3 heterocycles. The van der Waals surface area contributed by atoms with Crippen LogP contribution in [0.3, 0.4) is 0 Å². The topological polar surface area (TPSA) is 79.8 Å². The third-order valence-electron chi connectivity index (χ3n) is 5.05. The number of nitrogens with one attached hydrogen (secondary N) is 1. The molecule has 1 saturated carbocycles. The van der Waals surface area contributed by atoms with Crippen LogP contribution >= 0.6 is 0 Å². The Labute approximate surface area is 151 Å². The van der Waals surface area contributed by atoms with E-state index in [1.165, 1.54) is 25.3 Å². The summed E-state index contributed by atoms with van der Waals surface area (Å²) in [7, 11) is 0. The molecule has 26 heavy (non-hydrogen) atoms. The fourth-order valence-corrected chi connectivity index (χ4v) is 3.86. The normalized spacial score (nSPS) is 15.5. The fourth-order valence-electron chi connectivity index (χ4n) is 3.86. The van der Waals surface area contributed by atoms with Crippen LogP contribution in [0.1, 0.15) is 53.9 Å². The second-order valence-electron chi connectivity index (χ2n) is 7.13. The molecular formula is C20H23N3O3. The average molecular weight is 353 g/mol. The standard InChI is InChI=1S/C20H23N3O3/c1-12-10-13(2)23-17(11-12)22-18(15-8-9-16(26-15)20(24)25)19(23)21-14-6-4-3-5-7-14/h8-11,14,21H,3-7H2,1-2H3,(H,24,25). The Kier molecular flexibility index (Phi) is 4.18. The molecule has 4 rings (SSSR count). The lowest BCUT2D eigenvalue weighted by Gasteiger charge is -2.24. The Bertz CT molecular complexity index is 964. The van der Waals surface area contributed by atoms with Crippen LogP contribution in [-0.2, 0) is 0 Å². The number of fused-ring (bicyclic) bond motifs is 1. The van der Waals surface area contributed by atoms with E-state index in [0.717, 1.165) is 35.6 Å². The van der Waals surface area contributed by atoms with Crippen molar-refractivity contribution in [1.82, 2.24) is 9.38 Å². The van der Waals surface area contributed by atoms with Gasteiger partial charge < -0.3 is 14.8 Å². The maximum atomic E-state index is 11.2. The molecule has 136 valence electrons. The quantitative estimate of drug-likeness (QED) is 0.713. The van der Waals surface area contributed by atoms with Gasteiger partial charge in [0.1, 0.15) is 17.2 Å². The zero-order valence-corrected chi connectivity index (χ0v) is 15.1. The highest BCUT2D eigenvalue weighted by Gasteiger charge is 2.23. The lowest BCUT2D eigenvalue weighted by atomic mass is 9.95. The number of hydrogen-bond donors (Lipinski definition) is 2. The molecule has 6 nitrogen and oxygen atoms in total. The van der Waals surface area contributed by atoms with E-state index < -0.39 is 5.97 Å². The first-order valence-corrected chi connectivity index (χ1v) is 9.12. The van der Waals surface area contributed by atoms with Gasteiger partial charge in [-0.15, -0.1) is 0 Å². The van der Waals surface area contributed by atoms with Crippen LogP contribution in [0, 0.1) is 13.8 Å². The summed E-state index contributed by atoms with van der Waals surface area (Å²) in [5, 5.41) is 12.8. The van der Waals surface area contributed by atoms with E-state index in [2.05, 4.69) is 22.7 Å².